The highest BCUT2D eigenvalue weighted by Gasteiger charge is 2.23. The molecule has 0 saturated carbocycles. The van der Waals surface area contributed by atoms with Gasteiger partial charge in [-0.05, 0) is 20.0 Å². The highest BCUT2D eigenvalue weighted by molar-refractivity contribution is 5.69. The smallest absolute Gasteiger partial charge is 0.407 e. The molecule has 1 heterocycles. The van der Waals surface area contributed by atoms with Gasteiger partial charge >= 0.3 is 6.09 Å². The second kappa shape index (κ2) is 5.88. The number of cyclic esters (lactones) is 1. The summed E-state index contributed by atoms with van der Waals surface area (Å²) in [6.07, 6.45) is -0.774. The molecule has 0 bridgehead atoms. The number of amides is 1. The van der Waals surface area contributed by atoms with Gasteiger partial charge in [-0.2, -0.15) is 0 Å². The molecular formula is C13H17FN2O3. The summed E-state index contributed by atoms with van der Waals surface area (Å²) in [4.78, 5) is 10.8. The van der Waals surface area contributed by atoms with Gasteiger partial charge in [0.1, 0.15) is 18.2 Å². The van der Waals surface area contributed by atoms with Crippen molar-refractivity contribution < 1.29 is 18.7 Å². The van der Waals surface area contributed by atoms with Gasteiger partial charge in [0.05, 0.1) is 6.54 Å². The zero-order valence-corrected chi connectivity index (χ0v) is 10.9. The van der Waals surface area contributed by atoms with Crippen LogP contribution in [-0.4, -0.2) is 32.4 Å². The van der Waals surface area contributed by atoms with Crippen molar-refractivity contribution in [2.45, 2.75) is 19.1 Å². The number of ether oxygens (including phenoxy) is 2. The Bertz CT molecular complexity index is 467. The third-order valence-corrected chi connectivity index (χ3v) is 3.06. The Hall–Kier alpha value is -1.82. The van der Waals surface area contributed by atoms with Gasteiger partial charge in [-0.1, -0.05) is 6.07 Å². The Balaban J connectivity index is 1.94. The lowest BCUT2D eigenvalue weighted by molar-refractivity contribution is 0.104. The van der Waals surface area contributed by atoms with Crippen molar-refractivity contribution in [3.63, 3.8) is 0 Å². The lowest BCUT2D eigenvalue weighted by Crippen LogP contribution is -2.22. The maximum absolute atomic E-state index is 13.8. The largest absolute Gasteiger partial charge is 0.490 e. The van der Waals surface area contributed by atoms with Crippen LogP contribution in [0.3, 0.4) is 0 Å². The average Bonchev–Trinajstić information content (AvgIpc) is 2.81. The predicted octanol–water partition coefficient (Wildman–Crippen LogP) is 1.59. The summed E-state index contributed by atoms with van der Waals surface area (Å²) in [6.45, 7) is 2.50. The van der Waals surface area contributed by atoms with Crippen molar-refractivity contribution in [3.05, 3.63) is 29.6 Å². The first kappa shape index (κ1) is 13.6. The molecule has 2 unspecified atom stereocenters. The highest BCUT2D eigenvalue weighted by atomic mass is 19.1. The third-order valence-electron chi connectivity index (χ3n) is 3.06. The molecule has 0 radical (unpaired) electrons. The van der Waals surface area contributed by atoms with Crippen molar-refractivity contribution in [2.75, 3.05) is 20.2 Å². The number of benzene rings is 1. The number of rotatable bonds is 5. The summed E-state index contributed by atoms with van der Waals surface area (Å²) in [6, 6.07) is 4.67. The van der Waals surface area contributed by atoms with Gasteiger partial charge in [0.25, 0.3) is 0 Å². The maximum Gasteiger partial charge on any atom is 0.407 e. The second-order valence-corrected chi connectivity index (χ2v) is 4.41. The van der Waals surface area contributed by atoms with E-state index in [1.807, 2.05) is 6.92 Å². The molecule has 2 rings (SSSR count). The van der Waals surface area contributed by atoms with Crippen LogP contribution < -0.4 is 15.4 Å². The van der Waals surface area contributed by atoms with Crippen LogP contribution in [0.5, 0.6) is 5.75 Å². The normalized spacial score (nSPS) is 19.7. The van der Waals surface area contributed by atoms with Gasteiger partial charge in [-0.25, -0.2) is 9.18 Å². The monoisotopic (exact) mass is 268 g/mol. The predicted molar refractivity (Wildman–Crippen MR) is 67.6 cm³/mol. The zero-order chi connectivity index (χ0) is 13.8. The molecule has 1 aliphatic heterocycles. The first-order valence-electron chi connectivity index (χ1n) is 6.14. The molecule has 1 aromatic carbocycles. The molecule has 1 amide bonds. The summed E-state index contributed by atoms with van der Waals surface area (Å²) in [5.74, 6) is 0.105. The van der Waals surface area contributed by atoms with E-state index in [0.717, 1.165) is 0 Å². The lowest BCUT2D eigenvalue weighted by Gasteiger charge is -2.14. The van der Waals surface area contributed by atoms with Crippen molar-refractivity contribution in [1.82, 2.24) is 10.6 Å². The first-order chi connectivity index (χ1) is 9.10. The molecule has 0 spiro atoms. The minimum Gasteiger partial charge on any atom is -0.490 e. The summed E-state index contributed by atoms with van der Waals surface area (Å²) >= 11 is 0. The van der Waals surface area contributed by atoms with E-state index < -0.39 is 6.09 Å². The minimum atomic E-state index is -0.446. The number of hydrogen-bond acceptors (Lipinski definition) is 4. The van der Waals surface area contributed by atoms with Crippen LogP contribution in [0, 0.1) is 5.82 Å². The topological polar surface area (TPSA) is 59.6 Å². The Kier molecular flexibility index (Phi) is 4.21. The molecule has 104 valence electrons. The molecule has 1 aromatic rings. The fourth-order valence-corrected chi connectivity index (χ4v) is 1.82. The fourth-order valence-electron chi connectivity index (χ4n) is 1.82. The average molecular weight is 268 g/mol. The van der Waals surface area contributed by atoms with E-state index in [1.165, 1.54) is 6.07 Å². The van der Waals surface area contributed by atoms with Crippen LogP contribution in [0.2, 0.25) is 0 Å². The van der Waals surface area contributed by atoms with E-state index in [4.69, 9.17) is 9.47 Å². The molecule has 0 aliphatic carbocycles. The first-order valence-corrected chi connectivity index (χ1v) is 6.14. The van der Waals surface area contributed by atoms with E-state index in [0.29, 0.717) is 17.9 Å². The lowest BCUT2D eigenvalue weighted by atomic mass is 10.1. The molecule has 1 aliphatic rings. The van der Waals surface area contributed by atoms with Crippen LogP contribution in [0.1, 0.15) is 18.5 Å². The van der Waals surface area contributed by atoms with Crippen molar-refractivity contribution in [1.29, 1.82) is 0 Å². The SMILES string of the molecule is CNC(C)c1ccc(OCC2CNC(=O)O2)cc1F. The Labute approximate surface area is 111 Å². The Morgan fingerprint density at radius 3 is 3.00 bits per heavy atom. The molecule has 2 N–H and O–H groups in total. The number of carbonyl (C=O) groups excluding carboxylic acids is 1. The van der Waals surface area contributed by atoms with Gasteiger partial charge in [0, 0.05) is 17.7 Å². The van der Waals surface area contributed by atoms with Crippen LogP contribution in [0.25, 0.3) is 0 Å². The summed E-state index contributed by atoms with van der Waals surface area (Å²) in [7, 11) is 1.77. The Morgan fingerprint density at radius 1 is 1.63 bits per heavy atom. The van der Waals surface area contributed by atoms with Crippen LogP contribution in [0.15, 0.2) is 18.2 Å². The molecular weight excluding hydrogens is 251 g/mol. The van der Waals surface area contributed by atoms with Crippen LogP contribution >= 0.6 is 0 Å². The van der Waals surface area contributed by atoms with E-state index >= 15 is 0 Å². The zero-order valence-electron chi connectivity index (χ0n) is 10.9. The Morgan fingerprint density at radius 2 is 2.42 bits per heavy atom. The van der Waals surface area contributed by atoms with Gasteiger partial charge in [0.2, 0.25) is 0 Å². The van der Waals surface area contributed by atoms with Crippen LogP contribution in [0.4, 0.5) is 9.18 Å². The molecule has 6 heteroatoms. The number of carbonyl (C=O) groups is 1. The third kappa shape index (κ3) is 3.35. The van der Waals surface area contributed by atoms with Crippen molar-refractivity contribution >= 4 is 6.09 Å². The van der Waals surface area contributed by atoms with Gasteiger partial charge in [0.15, 0.2) is 6.10 Å². The van der Waals surface area contributed by atoms with E-state index in [2.05, 4.69) is 10.6 Å². The van der Waals surface area contributed by atoms with Gasteiger partial charge in [-0.3, -0.25) is 0 Å². The van der Waals surface area contributed by atoms with Crippen molar-refractivity contribution in [2.24, 2.45) is 0 Å². The number of halogens is 1. The molecule has 1 fully saturated rings. The van der Waals surface area contributed by atoms with Gasteiger partial charge < -0.3 is 20.1 Å². The van der Waals surface area contributed by atoms with Gasteiger partial charge in [-0.15, -0.1) is 0 Å². The summed E-state index contributed by atoms with van der Waals surface area (Å²) < 4.78 is 24.2. The maximum atomic E-state index is 13.8. The molecule has 5 nitrogen and oxygen atoms in total. The molecule has 19 heavy (non-hydrogen) atoms. The second-order valence-electron chi connectivity index (χ2n) is 4.41. The summed E-state index contributed by atoms with van der Waals surface area (Å²) in [5.41, 5.74) is 0.587. The van der Waals surface area contributed by atoms with E-state index in [9.17, 15) is 9.18 Å². The quantitative estimate of drug-likeness (QED) is 0.851. The van der Waals surface area contributed by atoms with Crippen LogP contribution in [-0.2, 0) is 4.74 Å². The fraction of sp³-hybridized carbons (Fsp3) is 0.462. The minimum absolute atomic E-state index is 0.0611. The molecule has 1 saturated heterocycles. The number of hydrogen-bond donors (Lipinski definition) is 2. The molecule has 0 aromatic heterocycles. The van der Waals surface area contributed by atoms with E-state index in [1.54, 1.807) is 19.2 Å². The summed E-state index contributed by atoms with van der Waals surface area (Å²) in [5, 5.41) is 5.50. The number of nitrogens with one attached hydrogen (secondary N) is 2. The standard InChI is InChI=1S/C13H17FN2O3/c1-8(15-2)11-4-3-9(5-12(11)14)18-7-10-6-16-13(17)19-10/h3-5,8,10,15H,6-7H2,1-2H3,(H,16,17). The van der Waals surface area contributed by atoms with Crippen molar-refractivity contribution in [3.8, 4) is 5.75 Å². The number of alkyl carbamates (subject to hydrolysis) is 1. The van der Waals surface area contributed by atoms with E-state index in [-0.39, 0.29) is 24.6 Å². The highest BCUT2D eigenvalue weighted by Crippen LogP contribution is 2.22. The molecule has 2 atom stereocenters.